The van der Waals surface area contributed by atoms with E-state index in [1.54, 1.807) is 0 Å². The second-order valence-corrected chi connectivity index (χ2v) is 16.0. The minimum Gasteiger partial charge on any atom is -0.382 e. The highest BCUT2D eigenvalue weighted by Gasteiger charge is 2.45. The highest BCUT2D eigenvalue weighted by atomic mass is 32.7. The van der Waals surface area contributed by atoms with E-state index in [-0.39, 0.29) is 73.3 Å². The molecule has 4 aromatic rings. The van der Waals surface area contributed by atoms with Crippen molar-refractivity contribution in [3.8, 4) is 0 Å². The molecular weight excluding hydrogens is 681 g/mol. The van der Waals surface area contributed by atoms with Crippen LogP contribution in [0.15, 0.2) is 23.8 Å². The van der Waals surface area contributed by atoms with E-state index in [0.717, 1.165) is 0 Å². The smallest absolute Gasteiger partial charge is 0.382 e. The largest absolute Gasteiger partial charge is 0.386 e. The Hall–Kier alpha value is -2.65. The second-order valence-electron chi connectivity index (χ2n) is 10.3. The van der Waals surface area contributed by atoms with E-state index in [0.29, 0.717) is 0 Å². The molecule has 19 nitrogen and oxygen atoms in total. The van der Waals surface area contributed by atoms with E-state index in [4.69, 9.17) is 34.5 Å². The second kappa shape index (κ2) is 12.2. The van der Waals surface area contributed by atoms with Crippen molar-refractivity contribution in [2.45, 2.75) is 49.6 Å². The van der Waals surface area contributed by atoms with Gasteiger partial charge in [0.2, 0.25) is 11.7 Å². The predicted octanol–water partition coefficient (Wildman–Crippen LogP) is 1.18. The SMILES string of the molecule is Nc1nc2c(ncn2C[C@@H]2O[C@H](COP(=O)(O)S)C[C@@H]2OP(=O)(S)OC[C@@H]2C[C@](F)(n3cnc4c(N)ncnc43)CO2)c(=O)[nH]1. The maximum absolute atomic E-state index is 15.9. The third kappa shape index (κ3) is 7.04. The minimum absolute atomic E-state index is 0.0119. The van der Waals surface area contributed by atoms with Crippen molar-refractivity contribution in [1.82, 2.24) is 39.0 Å². The number of alkyl halides is 1. The van der Waals surface area contributed by atoms with Crippen LogP contribution in [0.2, 0.25) is 0 Å². The Morgan fingerprint density at radius 1 is 1.11 bits per heavy atom. The molecule has 0 amide bonds. The molecule has 244 valence electrons. The van der Waals surface area contributed by atoms with Crippen LogP contribution in [0.25, 0.3) is 22.3 Å². The number of nitrogens with one attached hydrogen (secondary N) is 1. The van der Waals surface area contributed by atoms with Crippen LogP contribution < -0.4 is 17.0 Å². The van der Waals surface area contributed by atoms with E-state index < -0.39 is 49.4 Å². The Bertz CT molecular complexity index is 1890. The third-order valence-electron chi connectivity index (χ3n) is 7.14. The zero-order chi connectivity index (χ0) is 32.1. The number of thiol groups is 2. The van der Waals surface area contributed by atoms with Crippen molar-refractivity contribution < 1.29 is 41.5 Å². The lowest BCUT2D eigenvalue weighted by Gasteiger charge is -2.23. The van der Waals surface area contributed by atoms with Crippen molar-refractivity contribution in [1.29, 1.82) is 0 Å². The summed E-state index contributed by atoms with van der Waals surface area (Å²) in [6, 6.07) is 0. The Kier molecular flexibility index (Phi) is 8.74. The first-order chi connectivity index (χ1) is 21.2. The first kappa shape index (κ1) is 32.3. The van der Waals surface area contributed by atoms with Crippen LogP contribution in [0, 0.1) is 0 Å². The average molecular weight is 709 g/mol. The van der Waals surface area contributed by atoms with Crippen molar-refractivity contribution in [3.05, 3.63) is 29.3 Å². The average Bonchev–Trinajstić information content (AvgIpc) is 3.73. The van der Waals surface area contributed by atoms with E-state index in [1.807, 2.05) is 0 Å². The molecular formula is C21H27FN10O9P2S2. The number of nitrogens with zero attached hydrogens (tertiary/aromatic N) is 7. The number of hydrogen-bond donors (Lipinski definition) is 6. The molecule has 0 aliphatic carbocycles. The van der Waals surface area contributed by atoms with E-state index in [9.17, 15) is 18.8 Å². The molecule has 7 atom stereocenters. The summed E-state index contributed by atoms with van der Waals surface area (Å²) in [6.45, 7) is -9.32. The monoisotopic (exact) mass is 708 g/mol. The number of H-pyrrole nitrogens is 1. The number of anilines is 2. The Labute approximate surface area is 262 Å². The summed E-state index contributed by atoms with van der Waals surface area (Å²) in [5.41, 5.74) is 11.6. The Balaban J connectivity index is 1.13. The fourth-order valence-electron chi connectivity index (χ4n) is 5.17. The van der Waals surface area contributed by atoms with Gasteiger partial charge < -0.3 is 30.4 Å². The maximum Gasteiger partial charge on any atom is 0.386 e. The summed E-state index contributed by atoms with van der Waals surface area (Å²) in [5.74, 6) is -2.08. The number of imidazole rings is 2. The summed E-state index contributed by atoms with van der Waals surface area (Å²) in [5, 5.41) is 0. The molecule has 0 saturated carbocycles. The van der Waals surface area contributed by atoms with Crippen molar-refractivity contribution >= 4 is 72.2 Å². The molecule has 2 fully saturated rings. The summed E-state index contributed by atoms with van der Waals surface area (Å²) < 4.78 is 71.2. The van der Waals surface area contributed by atoms with Gasteiger partial charge in [-0.25, -0.2) is 33.5 Å². The normalized spacial score (nSPS) is 28.1. The molecule has 6 rings (SSSR count). The molecule has 2 saturated heterocycles. The maximum atomic E-state index is 15.9. The van der Waals surface area contributed by atoms with Crippen LogP contribution >= 0.6 is 38.1 Å². The molecule has 2 aliphatic rings. The number of nitrogen functional groups attached to an aromatic ring is 2. The molecule has 0 radical (unpaired) electrons. The fraction of sp³-hybridized carbons (Fsp3) is 0.524. The number of ether oxygens (including phenoxy) is 2. The predicted molar refractivity (Wildman–Crippen MR) is 161 cm³/mol. The van der Waals surface area contributed by atoms with E-state index in [1.165, 1.54) is 28.1 Å². The third-order valence-corrected chi connectivity index (χ3v) is 9.62. The zero-order valence-corrected chi connectivity index (χ0v) is 26.5. The lowest BCUT2D eigenvalue weighted by molar-refractivity contribution is -0.0122. The van der Waals surface area contributed by atoms with Gasteiger partial charge >= 0.3 is 13.6 Å². The van der Waals surface area contributed by atoms with Gasteiger partial charge in [0.25, 0.3) is 5.56 Å². The van der Waals surface area contributed by atoms with Crippen LogP contribution in [0.3, 0.4) is 0 Å². The highest BCUT2D eigenvalue weighted by molar-refractivity contribution is 8.44. The first-order valence-corrected chi connectivity index (χ1v) is 18.6. The van der Waals surface area contributed by atoms with Crippen LogP contribution in [0.4, 0.5) is 16.2 Å². The van der Waals surface area contributed by atoms with E-state index in [2.05, 4.69) is 54.4 Å². The quantitative estimate of drug-likeness (QED) is 0.0944. The summed E-state index contributed by atoms with van der Waals surface area (Å²) in [4.78, 5) is 44.2. The topological polar surface area (TPSA) is 260 Å². The van der Waals surface area contributed by atoms with Crippen molar-refractivity contribution in [2.75, 3.05) is 31.3 Å². The number of aromatic amines is 1. The van der Waals surface area contributed by atoms with Crippen molar-refractivity contribution in [3.63, 3.8) is 0 Å². The molecule has 0 spiro atoms. The lowest BCUT2D eigenvalue weighted by atomic mass is 10.1. The van der Waals surface area contributed by atoms with Gasteiger partial charge in [-0.3, -0.25) is 27.9 Å². The number of halogens is 1. The molecule has 24 heteroatoms. The van der Waals surface area contributed by atoms with Gasteiger partial charge in [0.15, 0.2) is 22.6 Å². The molecule has 0 aromatic carbocycles. The lowest BCUT2D eigenvalue weighted by Crippen LogP contribution is -2.29. The summed E-state index contributed by atoms with van der Waals surface area (Å²) in [7, 11) is 0. The Morgan fingerprint density at radius 3 is 2.64 bits per heavy atom. The molecule has 2 aliphatic heterocycles. The van der Waals surface area contributed by atoms with Gasteiger partial charge in [-0.15, -0.1) is 0 Å². The number of fused-ring (bicyclic) bond motifs is 2. The first-order valence-electron chi connectivity index (χ1n) is 13.2. The molecule has 2 unspecified atom stereocenters. The van der Waals surface area contributed by atoms with Gasteiger partial charge in [0.05, 0.1) is 50.7 Å². The van der Waals surface area contributed by atoms with E-state index >= 15 is 4.39 Å². The minimum atomic E-state index is -4.13. The fourth-order valence-corrected chi connectivity index (χ4v) is 7.27. The van der Waals surface area contributed by atoms with Crippen LogP contribution in [-0.2, 0) is 44.5 Å². The van der Waals surface area contributed by atoms with Crippen LogP contribution in [0.5, 0.6) is 0 Å². The van der Waals surface area contributed by atoms with Gasteiger partial charge in [0.1, 0.15) is 24.6 Å². The van der Waals surface area contributed by atoms with Crippen LogP contribution in [0.1, 0.15) is 12.8 Å². The molecule has 45 heavy (non-hydrogen) atoms. The van der Waals surface area contributed by atoms with Gasteiger partial charge in [-0.1, -0.05) is 24.5 Å². The van der Waals surface area contributed by atoms with Gasteiger partial charge in [-0.05, 0) is 0 Å². The highest BCUT2D eigenvalue weighted by Crippen LogP contribution is 2.56. The van der Waals surface area contributed by atoms with Gasteiger partial charge in [0, 0.05) is 12.8 Å². The standard InChI is InChI=1S/C21H27FN10O9P2S2/c22-21(32-9-28-14-16(23)25-7-26-17(14)32)2-11(37-6-21)5-39-43(36,45)41-12-1-10(4-38-42(34,35)44)40-13(12)3-31-8-27-15-18(31)29-20(24)30-19(15)33/h7-13H,1-6H2,(H,36,45)(H2,23,25,26)(H2,34,35,44)(H3,24,29,30,33)/t10-,11-,12-,13-,21-,43?/m0/s1. The summed E-state index contributed by atoms with van der Waals surface area (Å²) >= 11 is 7.61. The number of hydrogen-bond acceptors (Lipinski definition) is 15. The Morgan fingerprint density at radius 2 is 1.87 bits per heavy atom. The van der Waals surface area contributed by atoms with Crippen LogP contribution in [-0.4, -0.2) is 88.2 Å². The van der Waals surface area contributed by atoms with Gasteiger partial charge in [-0.2, -0.15) is 4.98 Å². The molecule has 0 bridgehead atoms. The number of nitrogens with two attached hydrogens (primary N) is 2. The summed E-state index contributed by atoms with van der Waals surface area (Å²) in [6.07, 6.45) is 0.187. The molecule has 6 N–H and O–H groups in total. The number of rotatable bonds is 11. The molecule has 6 heterocycles. The number of aromatic nitrogens is 8. The zero-order valence-electron chi connectivity index (χ0n) is 22.9. The molecule has 4 aromatic heterocycles. The van der Waals surface area contributed by atoms with Crippen molar-refractivity contribution in [2.24, 2.45) is 0 Å².